The number of hydrogen-bond donors (Lipinski definition) is 1. The third kappa shape index (κ3) is 2.69. The summed E-state index contributed by atoms with van der Waals surface area (Å²) in [4.78, 5) is 13.5. The molecule has 0 aromatic heterocycles. The van der Waals surface area contributed by atoms with Gasteiger partial charge in [0, 0.05) is 13.1 Å². The van der Waals surface area contributed by atoms with E-state index in [4.69, 9.17) is 5.73 Å². The van der Waals surface area contributed by atoms with Gasteiger partial charge in [-0.1, -0.05) is 13.8 Å². The molecule has 1 aliphatic rings. The van der Waals surface area contributed by atoms with Crippen molar-refractivity contribution in [3.05, 3.63) is 0 Å². The number of rotatable bonds is 1. The van der Waals surface area contributed by atoms with Crippen LogP contribution in [0.4, 0.5) is 0 Å². The van der Waals surface area contributed by atoms with Crippen molar-refractivity contribution in [2.24, 2.45) is 11.1 Å². The molecule has 0 aliphatic carbocycles. The highest BCUT2D eigenvalue weighted by Crippen LogP contribution is 2.28. The van der Waals surface area contributed by atoms with Crippen molar-refractivity contribution in [1.29, 1.82) is 0 Å². The van der Waals surface area contributed by atoms with Crippen LogP contribution < -0.4 is 5.73 Å². The van der Waals surface area contributed by atoms with Crippen LogP contribution in [0.2, 0.25) is 0 Å². The van der Waals surface area contributed by atoms with Gasteiger partial charge < -0.3 is 10.6 Å². The lowest BCUT2D eigenvalue weighted by atomic mass is 9.84. The molecule has 76 valence electrons. The standard InChI is InChI=1S/C10H20N2O/c1-8(11)9(13)12-6-4-5-10(2,3)7-12/h8H,4-7,11H2,1-3H3/t8-/m1/s1. The first-order valence-corrected chi connectivity index (χ1v) is 4.97. The van der Waals surface area contributed by atoms with E-state index in [2.05, 4.69) is 13.8 Å². The minimum atomic E-state index is -0.353. The molecule has 1 saturated heterocycles. The Morgan fingerprint density at radius 1 is 1.54 bits per heavy atom. The summed E-state index contributed by atoms with van der Waals surface area (Å²) in [5.74, 6) is 0.0905. The fraction of sp³-hybridized carbons (Fsp3) is 0.900. The molecule has 0 aromatic carbocycles. The number of likely N-dealkylation sites (tertiary alicyclic amines) is 1. The Balaban J connectivity index is 2.57. The molecule has 3 heteroatoms. The Bertz CT molecular complexity index is 199. The summed E-state index contributed by atoms with van der Waals surface area (Å²) in [5.41, 5.74) is 5.83. The summed E-state index contributed by atoms with van der Waals surface area (Å²) in [7, 11) is 0. The van der Waals surface area contributed by atoms with Crippen molar-refractivity contribution in [3.63, 3.8) is 0 Å². The van der Waals surface area contributed by atoms with Gasteiger partial charge in [0.05, 0.1) is 6.04 Å². The summed E-state index contributed by atoms with van der Waals surface area (Å²) < 4.78 is 0. The second kappa shape index (κ2) is 3.66. The monoisotopic (exact) mass is 184 g/mol. The van der Waals surface area contributed by atoms with E-state index in [0.717, 1.165) is 19.5 Å². The maximum atomic E-state index is 11.6. The number of amides is 1. The van der Waals surface area contributed by atoms with Gasteiger partial charge in [-0.15, -0.1) is 0 Å². The highest BCUT2D eigenvalue weighted by atomic mass is 16.2. The molecule has 0 bridgehead atoms. The predicted octanol–water partition coefficient (Wildman–Crippen LogP) is 0.982. The Kier molecular flexibility index (Phi) is 2.96. The molecule has 3 nitrogen and oxygen atoms in total. The molecule has 0 saturated carbocycles. The average molecular weight is 184 g/mol. The highest BCUT2D eigenvalue weighted by Gasteiger charge is 2.29. The minimum absolute atomic E-state index is 0.0905. The van der Waals surface area contributed by atoms with E-state index in [1.165, 1.54) is 6.42 Å². The van der Waals surface area contributed by atoms with E-state index in [1.807, 2.05) is 4.90 Å². The summed E-state index contributed by atoms with van der Waals surface area (Å²) in [6, 6.07) is -0.353. The quantitative estimate of drug-likeness (QED) is 0.660. The molecule has 1 atom stereocenters. The number of hydrogen-bond acceptors (Lipinski definition) is 2. The third-order valence-electron chi connectivity index (χ3n) is 2.60. The second-order valence-electron chi connectivity index (χ2n) is 4.82. The van der Waals surface area contributed by atoms with E-state index < -0.39 is 0 Å². The molecule has 0 radical (unpaired) electrons. The molecule has 1 fully saturated rings. The zero-order valence-electron chi connectivity index (χ0n) is 8.84. The maximum Gasteiger partial charge on any atom is 0.239 e. The van der Waals surface area contributed by atoms with E-state index in [-0.39, 0.29) is 17.4 Å². The lowest BCUT2D eigenvalue weighted by Gasteiger charge is -2.38. The molecule has 0 aromatic rings. The van der Waals surface area contributed by atoms with Crippen LogP contribution in [0.5, 0.6) is 0 Å². The molecule has 1 aliphatic heterocycles. The van der Waals surface area contributed by atoms with Crippen LogP contribution in [0.1, 0.15) is 33.6 Å². The van der Waals surface area contributed by atoms with Crippen molar-refractivity contribution >= 4 is 5.91 Å². The molecular formula is C10H20N2O. The Hall–Kier alpha value is -0.570. The minimum Gasteiger partial charge on any atom is -0.341 e. The second-order valence-corrected chi connectivity index (χ2v) is 4.82. The Morgan fingerprint density at radius 3 is 2.62 bits per heavy atom. The maximum absolute atomic E-state index is 11.6. The van der Waals surface area contributed by atoms with Gasteiger partial charge in [-0.25, -0.2) is 0 Å². The van der Waals surface area contributed by atoms with Crippen molar-refractivity contribution in [2.45, 2.75) is 39.7 Å². The predicted molar refractivity (Wildman–Crippen MR) is 53.2 cm³/mol. The molecule has 13 heavy (non-hydrogen) atoms. The topological polar surface area (TPSA) is 46.3 Å². The summed E-state index contributed by atoms with van der Waals surface area (Å²) in [5, 5.41) is 0. The van der Waals surface area contributed by atoms with Gasteiger partial charge in [0.1, 0.15) is 0 Å². The van der Waals surface area contributed by atoms with Gasteiger partial charge in [0.15, 0.2) is 0 Å². The largest absolute Gasteiger partial charge is 0.341 e. The van der Waals surface area contributed by atoms with Crippen LogP contribution in [0, 0.1) is 5.41 Å². The molecular weight excluding hydrogens is 164 g/mol. The van der Waals surface area contributed by atoms with Gasteiger partial charge in [0.25, 0.3) is 0 Å². The van der Waals surface area contributed by atoms with E-state index >= 15 is 0 Å². The normalized spacial score (nSPS) is 24.2. The van der Waals surface area contributed by atoms with Gasteiger partial charge in [-0.2, -0.15) is 0 Å². The summed E-state index contributed by atoms with van der Waals surface area (Å²) in [6.45, 7) is 7.89. The van der Waals surface area contributed by atoms with Crippen molar-refractivity contribution in [1.82, 2.24) is 4.90 Å². The first-order chi connectivity index (χ1) is 5.92. The van der Waals surface area contributed by atoms with Gasteiger partial charge in [-0.3, -0.25) is 4.79 Å². The SMILES string of the molecule is C[C@@H](N)C(=O)N1CCCC(C)(C)C1. The van der Waals surface area contributed by atoms with Gasteiger partial charge in [0.2, 0.25) is 5.91 Å². The Morgan fingerprint density at radius 2 is 2.15 bits per heavy atom. The van der Waals surface area contributed by atoms with Crippen LogP contribution in [0.15, 0.2) is 0 Å². The smallest absolute Gasteiger partial charge is 0.239 e. The molecule has 1 rings (SSSR count). The highest BCUT2D eigenvalue weighted by molar-refractivity contribution is 5.81. The fourth-order valence-corrected chi connectivity index (χ4v) is 1.90. The number of carbonyl (C=O) groups excluding carboxylic acids is 1. The first kappa shape index (κ1) is 10.5. The van der Waals surface area contributed by atoms with E-state index in [0.29, 0.717) is 0 Å². The number of carbonyl (C=O) groups is 1. The van der Waals surface area contributed by atoms with Crippen LogP contribution in [0.3, 0.4) is 0 Å². The van der Waals surface area contributed by atoms with Crippen LogP contribution in [-0.2, 0) is 4.79 Å². The van der Waals surface area contributed by atoms with Crippen LogP contribution >= 0.6 is 0 Å². The average Bonchev–Trinajstić information content (AvgIpc) is 2.01. The number of piperidine rings is 1. The van der Waals surface area contributed by atoms with Gasteiger partial charge >= 0.3 is 0 Å². The zero-order chi connectivity index (χ0) is 10.1. The van der Waals surface area contributed by atoms with Crippen LogP contribution in [-0.4, -0.2) is 29.9 Å². The lowest BCUT2D eigenvalue weighted by molar-refractivity contribution is -0.135. The molecule has 0 spiro atoms. The number of nitrogens with zero attached hydrogens (tertiary/aromatic N) is 1. The van der Waals surface area contributed by atoms with Crippen molar-refractivity contribution < 1.29 is 4.79 Å². The first-order valence-electron chi connectivity index (χ1n) is 4.97. The zero-order valence-corrected chi connectivity index (χ0v) is 8.84. The lowest BCUT2D eigenvalue weighted by Crippen LogP contribution is -2.49. The molecule has 2 N–H and O–H groups in total. The van der Waals surface area contributed by atoms with E-state index in [1.54, 1.807) is 6.92 Å². The van der Waals surface area contributed by atoms with Crippen molar-refractivity contribution in [3.8, 4) is 0 Å². The fourth-order valence-electron chi connectivity index (χ4n) is 1.90. The van der Waals surface area contributed by atoms with Gasteiger partial charge in [-0.05, 0) is 25.2 Å². The summed E-state index contributed by atoms with van der Waals surface area (Å²) in [6.07, 6.45) is 2.31. The number of nitrogens with two attached hydrogens (primary N) is 1. The Labute approximate surface area is 80.3 Å². The molecule has 0 unspecified atom stereocenters. The third-order valence-corrected chi connectivity index (χ3v) is 2.60. The van der Waals surface area contributed by atoms with Crippen LogP contribution in [0.25, 0.3) is 0 Å². The molecule has 1 heterocycles. The molecule has 1 amide bonds. The summed E-state index contributed by atoms with van der Waals surface area (Å²) >= 11 is 0. The van der Waals surface area contributed by atoms with Crippen molar-refractivity contribution in [2.75, 3.05) is 13.1 Å². The van der Waals surface area contributed by atoms with E-state index in [9.17, 15) is 4.79 Å².